The van der Waals surface area contributed by atoms with Crippen LogP contribution in [0.4, 0.5) is 0 Å². The van der Waals surface area contributed by atoms with E-state index in [4.69, 9.17) is 4.74 Å². The monoisotopic (exact) mass is 343 g/mol. The van der Waals surface area contributed by atoms with Crippen molar-refractivity contribution in [3.63, 3.8) is 0 Å². The van der Waals surface area contributed by atoms with E-state index in [0.717, 1.165) is 16.0 Å². The summed E-state index contributed by atoms with van der Waals surface area (Å²) in [7, 11) is 0. The smallest absolute Gasteiger partial charge is 0.259 e. The zero-order valence-electron chi connectivity index (χ0n) is 13.4. The van der Waals surface area contributed by atoms with Gasteiger partial charge in [0.25, 0.3) is 11.5 Å². The van der Waals surface area contributed by atoms with Gasteiger partial charge < -0.3 is 15.0 Å². The van der Waals surface area contributed by atoms with E-state index in [-0.39, 0.29) is 18.1 Å². The summed E-state index contributed by atoms with van der Waals surface area (Å²) in [5, 5.41) is 3.33. The van der Waals surface area contributed by atoms with Gasteiger partial charge in [0.1, 0.15) is 10.6 Å². The van der Waals surface area contributed by atoms with E-state index in [1.54, 1.807) is 6.07 Å². The maximum Gasteiger partial charge on any atom is 0.259 e. The van der Waals surface area contributed by atoms with Crippen LogP contribution < -0.4 is 15.6 Å². The molecule has 24 heavy (non-hydrogen) atoms. The van der Waals surface area contributed by atoms with Crippen molar-refractivity contribution in [3.8, 4) is 5.75 Å². The minimum Gasteiger partial charge on any atom is -0.483 e. The van der Waals surface area contributed by atoms with E-state index in [1.165, 1.54) is 17.7 Å². The number of nitrogens with one attached hydrogen (secondary N) is 2. The molecule has 0 aliphatic heterocycles. The highest BCUT2D eigenvalue weighted by molar-refractivity contribution is 7.18. The van der Waals surface area contributed by atoms with Gasteiger partial charge in [0.05, 0.1) is 18.3 Å². The van der Waals surface area contributed by atoms with Gasteiger partial charge >= 0.3 is 0 Å². The molecule has 0 spiro atoms. The van der Waals surface area contributed by atoms with E-state index in [1.807, 2.05) is 32.0 Å². The second-order valence-electron chi connectivity index (χ2n) is 5.43. The Morgan fingerprint density at radius 1 is 1.38 bits per heavy atom. The molecule has 0 atom stereocenters. The number of hydrogen-bond acceptors (Lipinski definition) is 5. The van der Waals surface area contributed by atoms with Crippen LogP contribution in [-0.4, -0.2) is 22.5 Å². The number of aromatic nitrogens is 2. The Kier molecular flexibility index (Phi) is 4.61. The number of ether oxygens (including phenoxy) is 1. The number of hydrogen-bond donors (Lipinski definition) is 2. The van der Waals surface area contributed by atoms with Crippen molar-refractivity contribution in [1.82, 2.24) is 15.3 Å². The molecule has 3 rings (SSSR count). The Balaban J connectivity index is 1.58. The van der Waals surface area contributed by atoms with E-state index in [9.17, 15) is 9.59 Å². The summed E-state index contributed by atoms with van der Waals surface area (Å²) < 4.78 is 5.57. The lowest BCUT2D eigenvalue weighted by atomic mass is 10.1. The van der Waals surface area contributed by atoms with E-state index in [0.29, 0.717) is 22.5 Å². The highest BCUT2D eigenvalue weighted by Crippen LogP contribution is 2.21. The molecule has 0 fully saturated rings. The van der Waals surface area contributed by atoms with Crippen LogP contribution in [0.15, 0.2) is 35.4 Å². The molecule has 0 saturated heterocycles. The van der Waals surface area contributed by atoms with Gasteiger partial charge in [0.15, 0.2) is 6.61 Å². The fraction of sp³-hybridized carbons (Fsp3) is 0.235. The number of aromatic amines is 1. The Morgan fingerprint density at radius 3 is 3.00 bits per heavy atom. The van der Waals surface area contributed by atoms with Crippen LogP contribution in [0.2, 0.25) is 0 Å². The fourth-order valence-corrected chi connectivity index (χ4v) is 3.20. The summed E-state index contributed by atoms with van der Waals surface area (Å²) in [5.74, 6) is 0.498. The number of rotatable bonds is 5. The van der Waals surface area contributed by atoms with Crippen LogP contribution >= 0.6 is 11.3 Å². The minimum atomic E-state index is -0.213. The van der Waals surface area contributed by atoms with Gasteiger partial charge in [-0.05, 0) is 37.1 Å². The summed E-state index contributed by atoms with van der Waals surface area (Å²) in [5.41, 5.74) is 1.98. The predicted molar refractivity (Wildman–Crippen MR) is 93.5 cm³/mol. The molecule has 1 aromatic carbocycles. The molecule has 1 amide bonds. The lowest BCUT2D eigenvalue weighted by Gasteiger charge is -2.10. The second-order valence-corrected chi connectivity index (χ2v) is 6.54. The first-order chi connectivity index (χ1) is 11.5. The van der Waals surface area contributed by atoms with E-state index in [2.05, 4.69) is 15.3 Å². The van der Waals surface area contributed by atoms with Crippen LogP contribution in [0.3, 0.4) is 0 Å². The van der Waals surface area contributed by atoms with Gasteiger partial charge in [-0.15, -0.1) is 11.3 Å². The second kappa shape index (κ2) is 6.84. The third-order valence-corrected chi connectivity index (χ3v) is 4.80. The van der Waals surface area contributed by atoms with E-state index >= 15 is 0 Å². The molecular formula is C17H17N3O3S. The summed E-state index contributed by atoms with van der Waals surface area (Å²) in [6.07, 6.45) is 1.38. The number of carbonyl (C=O) groups is 1. The number of nitrogens with zero attached hydrogens (tertiary/aromatic N) is 1. The Labute approximate surface area is 142 Å². The lowest BCUT2D eigenvalue weighted by Crippen LogP contribution is -2.28. The Hall–Kier alpha value is -2.67. The van der Waals surface area contributed by atoms with Crippen molar-refractivity contribution in [2.45, 2.75) is 20.4 Å². The quantitative estimate of drug-likeness (QED) is 0.744. The first kappa shape index (κ1) is 16.2. The number of aryl methyl sites for hydroxylation is 1. The first-order valence-corrected chi connectivity index (χ1v) is 8.28. The number of carbonyl (C=O) groups excluding carboxylic acids is 1. The average molecular weight is 343 g/mol. The molecule has 2 N–H and O–H groups in total. The molecule has 124 valence electrons. The van der Waals surface area contributed by atoms with E-state index < -0.39 is 0 Å². The Bertz CT molecular complexity index is 946. The van der Waals surface area contributed by atoms with Crippen molar-refractivity contribution in [3.05, 3.63) is 57.0 Å². The summed E-state index contributed by atoms with van der Waals surface area (Å²) >= 11 is 1.39. The van der Waals surface area contributed by atoms with Gasteiger partial charge in [0.2, 0.25) is 0 Å². The molecule has 0 aliphatic rings. The van der Waals surface area contributed by atoms with Gasteiger partial charge in [-0.25, -0.2) is 4.98 Å². The van der Waals surface area contributed by atoms with Gasteiger partial charge in [-0.2, -0.15) is 0 Å². The van der Waals surface area contributed by atoms with Crippen molar-refractivity contribution >= 4 is 27.5 Å². The van der Waals surface area contributed by atoms with Crippen molar-refractivity contribution in [1.29, 1.82) is 0 Å². The van der Waals surface area contributed by atoms with Crippen molar-refractivity contribution in [2.75, 3.05) is 6.61 Å². The van der Waals surface area contributed by atoms with Crippen LogP contribution in [0.25, 0.3) is 10.2 Å². The van der Waals surface area contributed by atoms with Crippen LogP contribution in [0.5, 0.6) is 5.75 Å². The van der Waals surface area contributed by atoms with Crippen LogP contribution in [0, 0.1) is 13.8 Å². The molecule has 3 aromatic rings. The average Bonchev–Trinajstić information content (AvgIpc) is 2.99. The molecule has 7 heteroatoms. The normalized spacial score (nSPS) is 10.8. The lowest BCUT2D eigenvalue weighted by molar-refractivity contribution is -0.123. The van der Waals surface area contributed by atoms with Gasteiger partial charge in [-0.1, -0.05) is 12.1 Å². The third-order valence-electron chi connectivity index (χ3n) is 3.76. The molecule has 0 bridgehead atoms. The van der Waals surface area contributed by atoms with Crippen LogP contribution in [0.1, 0.15) is 16.0 Å². The molecular weight excluding hydrogens is 326 g/mol. The minimum absolute atomic E-state index is 0.0476. The fourth-order valence-electron chi connectivity index (χ4n) is 2.26. The van der Waals surface area contributed by atoms with Crippen molar-refractivity contribution < 1.29 is 9.53 Å². The van der Waals surface area contributed by atoms with Gasteiger partial charge in [0, 0.05) is 4.88 Å². The first-order valence-electron chi connectivity index (χ1n) is 7.46. The maximum absolute atomic E-state index is 12.0. The third kappa shape index (κ3) is 3.46. The van der Waals surface area contributed by atoms with Gasteiger partial charge in [-0.3, -0.25) is 9.59 Å². The molecule has 2 aromatic heterocycles. The summed E-state index contributed by atoms with van der Waals surface area (Å²) in [6, 6.07) is 7.49. The number of amides is 1. The molecule has 0 aliphatic carbocycles. The molecule has 0 radical (unpaired) electrons. The molecule has 0 saturated carbocycles. The zero-order valence-corrected chi connectivity index (χ0v) is 14.2. The SMILES string of the molecule is Cc1cccc(OCC(=O)NCc2cc3c(=O)[nH]cnc3s2)c1C. The Morgan fingerprint density at radius 2 is 2.21 bits per heavy atom. The van der Waals surface area contributed by atoms with Crippen LogP contribution in [-0.2, 0) is 11.3 Å². The zero-order chi connectivity index (χ0) is 17.1. The molecule has 2 heterocycles. The topological polar surface area (TPSA) is 84.1 Å². The number of H-pyrrole nitrogens is 1. The summed E-state index contributed by atoms with van der Waals surface area (Å²) in [4.78, 5) is 31.8. The highest BCUT2D eigenvalue weighted by Gasteiger charge is 2.09. The molecule has 6 nitrogen and oxygen atoms in total. The summed E-state index contributed by atoms with van der Waals surface area (Å²) in [6.45, 7) is 4.26. The largest absolute Gasteiger partial charge is 0.483 e. The number of benzene rings is 1. The standard InChI is InChI=1S/C17H17N3O3S/c1-10-4-3-5-14(11(10)2)23-8-15(21)18-7-12-6-13-16(22)19-9-20-17(13)24-12/h3-6,9H,7-8H2,1-2H3,(H,18,21)(H,19,20,22). The molecule has 0 unspecified atom stereocenters. The number of fused-ring (bicyclic) bond motifs is 1. The maximum atomic E-state index is 12.0. The highest BCUT2D eigenvalue weighted by atomic mass is 32.1. The van der Waals surface area contributed by atoms with Crippen molar-refractivity contribution in [2.24, 2.45) is 0 Å². The predicted octanol–water partition coefficient (Wildman–Crippen LogP) is 2.30. The number of thiophene rings is 1.